The molecule has 156 valence electrons. The maximum atomic E-state index is 13.2. The average Bonchev–Trinajstić information content (AvgIpc) is 3.36. The number of fused-ring (bicyclic) bond motifs is 4. The lowest BCUT2D eigenvalue weighted by atomic mass is 9.93. The minimum atomic E-state index is -0.282. The number of aliphatic hydroxyl groups is 1. The van der Waals surface area contributed by atoms with Crippen LogP contribution in [0.15, 0.2) is 41.6 Å². The first-order valence-corrected chi connectivity index (χ1v) is 10.4. The Morgan fingerprint density at radius 1 is 1.10 bits per heavy atom. The third kappa shape index (κ3) is 2.77. The molecule has 1 aliphatic rings. The smallest absolute Gasteiger partial charge is 0.329 e. The van der Waals surface area contributed by atoms with E-state index < -0.39 is 0 Å². The molecule has 1 saturated carbocycles. The van der Waals surface area contributed by atoms with Crippen molar-refractivity contribution in [2.75, 3.05) is 0 Å². The summed E-state index contributed by atoms with van der Waals surface area (Å²) in [4.78, 5) is 27.1. The van der Waals surface area contributed by atoms with Gasteiger partial charge in [-0.1, -0.05) is 0 Å². The number of rotatable bonds is 2. The molecule has 0 aromatic carbocycles. The number of hydrogen-bond acceptors (Lipinski definition) is 6. The van der Waals surface area contributed by atoms with Gasteiger partial charge in [0.05, 0.1) is 40.7 Å². The van der Waals surface area contributed by atoms with Gasteiger partial charge >= 0.3 is 5.69 Å². The molecular weight excluding hydrogens is 394 g/mol. The van der Waals surface area contributed by atoms with Crippen LogP contribution in [0.5, 0.6) is 0 Å². The first kappa shape index (κ1) is 18.2. The van der Waals surface area contributed by atoms with Gasteiger partial charge in [0, 0.05) is 30.2 Å². The van der Waals surface area contributed by atoms with Crippen LogP contribution < -0.4 is 5.69 Å². The zero-order chi connectivity index (χ0) is 21.1. The van der Waals surface area contributed by atoms with Crippen molar-refractivity contribution in [1.29, 1.82) is 0 Å². The maximum Gasteiger partial charge on any atom is 0.329 e. The van der Waals surface area contributed by atoms with Crippen LogP contribution in [-0.2, 0) is 7.05 Å². The van der Waals surface area contributed by atoms with Crippen molar-refractivity contribution >= 4 is 33.1 Å². The van der Waals surface area contributed by atoms with Crippen LogP contribution in [-0.4, -0.2) is 45.5 Å². The number of hydrogen-bond donors (Lipinski definition) is 2. The SMILES string of the molecule is Cn1c(=O)n(C2CCC(O)CC2)c2c3nc(-c4cnc5[nH]ncc5c4)ccc3ncc21. The average molecular weight is 415 g/mol. The van der Waals surface area contributed by atoms with Gasteiger partial charge in [0.1, 0.15) is 5.52 Å². The second-order valence-electron chi connectivity index (χ2n) is 8.26. The predicted octanol–water partition coefficient (Wildman–Crippen LogP) is 2.70. The van der Waals surface area contributed by atoms with E-state index in [1.165, 1.54) is 0 Å². The van der Waals surface area contributed by atoms with Crippen LogP contribution in [0.3, 0.4) is 0 Å². The zero-order valence-electron chi connectivity index (χ0n) is 17.0. The van der Waals surface area contributed by atoms with Gasteiger partial charge in [-0.3, -0.25) is 19.2 Å². The van der Waals surface area contributed by atoms with Gasteiger partial charge in [-0.25, -0.2) is 14.8 Å². The van der Waals surface area contributed by atoms with Crippen LogP contribution in [0.25, 0.3) is 44.4 Å². The number of nitrogens with zero attached hydrogens (tertiary/aromatic N) is 6. The van der Waals surface area contributed by atoms with Gasteiger partial charge in [0.2, 0.25) is 0 Å². The Bertz CT molecular complexity index is 1510. The number of pyridine rings is 3. The molecule has 0 unspecified atom stereocenters. The topological polar surface area (TPSA) is 115 Å². The number of nitrogens with one attached hydrogen (secondary N) is 1. The van der Waals surface area contributed by atoms with Crippen molar-refractivity contribution in [3.05, 3.63) is 47.3 Å². The molecule has 1 aliphatic carbocycles. The quantitative estimate of drug-likeness (QED) is 0.458. The molecule has 9 nitrogen and oxygen atoms in total. The number of imidazole rings is 1. The van der Waals surface area contributed by atoms with E-state index in [1.54, 1.807) is 30.2 Å². The second-order valence-corrected chi connectivity index (χ2v) is 8.26. The third-order valence-corrected chi connectivity index (χ3v) is 6.38. The third-order valence-electron chi connectivity index (χ3n) is 6.38. The summed E-state index contributed by atoms with van der Waals surface area (Å²) in [6, 6.07) is 5.89. The Kier molecular flexibility index (Phi) is 3.94. The van der Waals surface area contributed by atoms with Gasteiger partial charge in [-0.2, -0.15) is 5.10 Å². The summed E-state index contributed by atoms with van der Waals surface area (Å²) in [6.45, 7) is 0. The minimum Gasteiger partial charge on any atom is -0.393 e. The van der Waals surface area contributed by atoms with E-state index in [9.17, 15) is 9.90 Å². The number of aromatic nitrogens is 7. The fourth-order valence-electron chi connectivity index (χ4n) is 4.68. The standard InChI is InChI=1S/C22H21N7O2/c1-28-18-11-23-17-7-6-16(12-8-13-10-25-27-21(13)24-9-12)26-19(17)20(18)29(22(28)31)14-2-4-15(30)5-3-14/h6-11,14-15,30H,2-5H2,1H3,(H,24,25,27). The highest BCUT2D eigenvalue weighted by molar-refractivity contribution is 6.00. The Morgan fingerprint density at radius 3 is 2.77 bits per heavy atom. The monoisotopic (exact) mass is 415 g/mol. The first-order valence-electron chi connectivity index (χ1n) is 10.4. The van der Waals surface area contributed by atoms with Crippen LogP contribution >= 0.6 is 0 Å². The van der Waals surface area contributed by atoms with Crippen molar-refractivity contribution in [3.8, 4) is 11.3 Å². The molecule has 0 saturated heterocycles. The fourth-order valence-corrected chi connectivity index (χ4v) is 4.68. The summed E-state index contributed by atoms with van der Waals surface area (Å²) in [5.41, 5.74) is 5.30. The highest BCUT2D eigenvalue weighted by Crippen LogP contribution is 2.33. The number of H-pyrrole nitrogens is 1. The molecule has 6 rings (SSSR count). The first-order chi connectivity index (χ1) is 15.1. The Morgan fingerprint density at radius 2 is 1.94 bits per heavy atom. The molecule has 31 heavy (non-hydrogen) atoms. The molecule has 0 atom stereocenters. The highest BCUT2D eigenvalue weighted by atomic mass is 16.3. The molecule has 2 N–H and O–H groups in total. The lowest BCUT2D eigenvalue weighted by Crippen LogP contribution is -2.29. The van der Waals surface area contributed by atoms with Gasteiger partial charge in [-0.15, -0.1) is 0 Å². The molecule has 0 spiro atoms. The molecule has 0 amide bonds. The second kappa shape index (κ2) is 6.71. The summed E-state index contributed by atoms with van der Waals surface area (Å²) in [6.07, 6.45) is 7.90. The summed E-state index contributed by atoms with van der Waals surface area (Å²) < 4.78 is 3.50. The van der Waals surface area contributed by atoms with E-state index in [0.717, 1.165) is 51.7 Å². The van der Waals surface area contributed by atoms with Crippen molar-refractivity contribution in [1.82, 2.24) is 34.3 Å². The van der Waals surface area contributed by atoms with Crippen LogP contribution in [0.2, 0.25) is 0 Å². The highest BCUT2D eigenvalue weighted by Gasteiger charge is 2.26. The predicted molar refractivity (Wildman–Crippen MR) is 117 cm³/mol. The molecule has 0 aliphatic heterocycles. The number of aliphatic hydroxyl groups excluding tert-OH is 1. The molecule has 5 aromatic rings. The van der Waals surface area contributed by atoms with Crippen molar-refractivity contribution in [3.63, 3.8) is 0 Å². The molecule has 9 heteroatoms. The van der Waals surface area contributed by atoms with Crippen LogP contribution in [0.4, 0.5) is 0 Å². The molecule has 1 fully saturated rings. The van der Waals surface area contributed by atoms with E-state index in [0.29, 0.717) is 18.4 Å². The summed E-state index contributed by atoms with van der Waals surface area (Å²) in [7, 11) is 1.77. The van der Waals surface area contributed by atoms with Crippen molar-refractivity contribution < 1.29 is 5.11 Å². The van der Waals surface area contributed by atoms with E-state index in [-0.39, 0.29) is 17.8 Å². The minimum absolute atomic E-state index is 0.0413. The Hall–Kier alpha value is -3.59. The Labute approximate surface area is 176 Å². The lowest BCUT2D eigenvalue weighted by molar-refractivity contribution is 0.111. The van der Waals surface area contributed by atoms with Gasteiger partial charge < -0.3 is 5.11 Å². The van der Waals surface area contributed by atoms with Crippen molar-refractivity contribution in [2.45, 2.75) is 37.8 Å². The van der Waals surface area contributed by atoms with Crippen molar-refractivity contribution in [2.24, 2.45) is 7.05 Å². The van der Waals surface area contributed by atoms with Gasteiger partial charge in [0.15, 0.2) is 5.65 Å². The molecule has 0 bridgehead atoms. The molecule has 5 heterocycles. The van der Waals surface area contributed by atoms with E-state index in [1.807, 2.05) is 22.8 Å². The Balaban J connectivity index is 1.59. The van der Waals surface area contributed by atoms with E-state index >= 15 is 0 Å². The van der Waals surface area contributed by atoms with E-state index in [4.69, 9.17) is 4.98 Å². The molecular formula is C22H21N7O2. The summed E-state index contributed by atoms with van der Waals surface area (Å²) in [5.74, 6) is 0. The summed E-state index contributed by atoms with van der Waals surface area (Å²) in [5, 5.41) is 17.7. The van der Waals surface area contributed by atoms with Gasteiger partial charge in [-0.05, 0) is 43.9 Å². The van der Waals surface area contributed by atoms with Gasteiger partial charge in [0.25, 0.3) is 0 Å². The number of aryl methyl sites for hydroxylation is 1. The molecule has 5 aromatic heterocycles. The maximum absolute atomic E-state index is 13.2. The largest absolute Gasteiger partial charge is 0.393 e. The lowest BCUT2D eigenvalue weighted by Gasteiger charge is -2.26. The number of aromatic amines is 1. The normalized spacial score (nSPS) is 19.5. The van der Waals surface area contributed by atoms with Crippen LogP contribution in [0, 0.1) is 0 Å². The summed E-state index contributed by atoms with van der Waals surface area (Å²) >= 11 is 0. The van der Waals surface area contributed by atoms with Crippen LogP contribution in [0.1, 0.15) is 31.7 Å². The zero-order valence-corrected chi connectivity index (χ0v) is 17.0. The molecule has 0 radical (unpaired) electrons. The van der Waals surface area contributed by atoms with E-state index in [2.05, 4.69) is 20.2 Å². The fraction of sp³-hybridized carbons (Fsp3) is 0.318.